The summed E-state index contributed by atoms with van der Waals surface area (Å²) in [5, 5.41) is 6.15. The topological polar surface area (TPSA) is 57.8 Å². The molecule has 322 valence electrons. The third-order valence-corrected chi connectivity index (χ3v) is 13.2. The standard InChI is InChI=1S/C57H37N5O2.C3H8/c1-3-39(4-2)58-48-22-11-8-19-42(48)46-32-36(26-29-51(46)58)37-27-30-52-47(33-37)43-20-9-12-23-49(43)59(52)41-18-14-15-35(31-41)38-25-28-45-53(34-38)61-54-44-21-10-13-24-50(44)60(40-16-6-5-7-17-40)55(54)57(64)62(61)56(45)63;1-3-2/h3-34H,1H2,2H3;3H2,1-2H3/b39-4+;. The fraction of sp³-hybridized carbons (Fsp3) is 0.0667. The molecule has 0 aliphatic carbocycles. The SMILES string of the molecule is C=C/C(=C\C)n1c2ccccc2c2cc(-c3ccc4c(c3)c3ccccc3n4-c3cccc(-c4ccc5c(=O)n6c(=O)c7c(c8ccccc8n7-c7ccccc7)n6c5c4)c3)ccc21.CCC. The van der Waals surface area contributed by atoms with Gasteiger partial charge in [-0.25, -0.2) is 4.52 Å². The van der Waals surface area contributed by atoms with Gasteiger partial charge in [-0.1, -0.05) is 136 Å². The quantitative estimate of drug-likeness (QED) is 0.156. The molecular formula is C60H45N5O2. The molecule has 0 spiro atoms. The molecule has 5 heterocycles. The molecule has 8 aromatic carbocycles. The first-order valence-corrected chi connectivity index (χ1v) is 22.9. The second kappa shape index (κ2) is 15.5. The summed E-state index contributed by atoms with van der Waals surface area (Å²) in [6.45, 7) is 10.4. The Labute approximate surface area is 385 Å². The van der Waals surface area contributed by atoms with Gasteiger partial charge < -0.3 is 13.7 Å². The molecule has 0 radical (unpaired) electrons. The average molecular weight is 868 g/mol. The summed E-state index contributed by atoms with van der Waals surface area (Å²) < 4.78 is 9.73. The van der Waals surface area contributed by atoms with Crippen LogP contribution < -0.4 is 11.1 Å². The van der Waals surface area contributed by atoms with Crippen molar-refractivity contribution in [2.45, 2.75) is 27.2 Å². The highest BCUT2D eigenvalue weighted by Gasteiger charge is 2.25. The predicted molar refractivity (Wildman–Crippen MR) is 281 cm³/mol. The predicted octanol–water partition coefficient (Wildman–Crippen LogP) is 14.4. The zero-order chi connectivity index (χ0) is 45.5. The van der Waals surface area contributed by atoms with Gasteiger partial charge in [-0.05, 0) is 114 Å². The minimum atomic E-state index is -0.339. The highest BCUT2D eigenvalue weighted by atomic mass is 16.2. The molecule has 0 saturated heterocycles. The number of fused-ring (bicyclic) bond motifs is 13. The molecule has 0 aliphatic heterocycles. The Hall–Kier alpha value is -8.68. The monoisotopic (exact) mass is 867 g/mol. The molecule has 0 bridgehead atoms. The van der Waals surface area contributed by atoms with Gasteiger partial charge in [0.05, 0.1) is 38.5 Å². The first-order valence-electron chi connectivity index (χ1n) is 22.9. The Balaban J connectivity index is 0.00000152. The lowest BCUT2D eigenvalue weighted by atomic mass is 10.0. The Kier molecular flexibility index (Phi) is 9.22. The first-order chi connectivity index (χ1) is 32.9. The lowest BCUT2D eigenvalue weighted by molar-refractivity contribution is 0.840. The van der Waals surface area contributed by atoms with E-state index in [1.54, 1.807) is 0 Å². The second-order valence-corrected chi connectivity index (χ2v) is 17.2. The van der Waals surface area contributed by atoms with Crippen molar-refractivity contribution in [2.24, 2.45) is 0 Å². The van der Waals surface area contributed by atoms with Crippen LogP contribution >= 0.6 is 0 Å². The molecule has 0 N–H and O–H groups in total. The number of hydrogen-bond acceptors (Lipinski definition) is 2. The van der Waals surface area contributed by atoms with Crippen LogP contribution in [0.15, 0.2) is 210 Å². The van der Waals surface area contributed by atoms with Crippen LogP contribution in [0.25, 0.3) is 116 Å². The van der Waals surface area contributed by atoms with Gasteiger partial charge in [0.25, 0.3) is 11.1 Å². The fourth-order valence-electron chi connectivity index (χ4n) is 10.4. The molecule has 13 rings (SSSR count). The van der Waals surface area contributed by atoms with Crippen LogP contribution in [-0.4, -0.2) is 22.7 Å². The summed E-state index contributed by atoms with van der Waals surface area (Å²) >= 11 is 0. The largest absolute Gasteiger partial charge is 0.310 e. The molecule has 0 atom stereocenters. The Morgan fingerprint density at radius 3 is 1.66 bits per heavy atom. The zero-order valence-corrected chi connectivity index (χ0v) is 37.4. The molecule has 67 heavy (non-hydrogen) atoms. The Morgan fingerprint density at radius 2 is 0.955 bits per heavy atom. The number of allylic oxidation sites excluding steroid dienone is 3. The van der Waals surface area contributed by atoms with E-state index >= 15 is 0 Å². The van der Waals surface area contributed by atoms with Gasteiger partial charge in [-0.2, -0.15) is 4.52 Å². The van der Waals surface area contributed by atoms with E-state index in [0.717, 1.165) is 72.3 Å². The molecule has 7 nitrogen and oxygen atoms in total. The van der Waals surface area contributed by atoms with Gasteiger partial charge in [-0.15, -0.1) is 0 Å². The summed E-state index contributed by atoms with van der Waals surface area (Å²) in [6, 6.07) is 63.0. The molecular weight excluding hydrogens is 823 g/mol. The van der Waals surface area contributed by atoms with Crippen LogP contribution in [0, 0.1) is 0 Å². The van der Waals surface area contributed by atoms with Gasteiger partial charge >= 0.3 is 0 Å². The van der Waals surface area contributed by atoms with Crippen LogP contribution in [0.1, 0.15) is 27.2 Å². The summed E-state index contributed by atoms with van der Waals surface area (Å²) in [6.07, 6.45) is 5.27. The van der Waals surface area contributed by atoms with Gasteiger partial charge in [0.1, 0.15) is 11.0 Å². The van der Waals surface area contributed by atoms with Crippen LogP contribution in [0.3, 0.4) is 0 Å². The molecule has 13 aromatic rings. The molecule has 0 aliphatic rings. The van der Waals surface area contributed by atoms with Gasteiger partial charge in [0, 0.05) is 44.0 Å². The average Bonchev–Trinajstić information content (AvgIpc) is 4.15. The van der Waals surface area contributed by atoms with Crippen LogP contribution in [0.5, 0.6) is 0 Å². The van der Waals surface area contributed by atoms with Gasteiger partial charge in [0.15, 0.2) is 0 Å². The zero-order valence-electron chi connectivity index (χ0n) is 37.4. The van der Waals surface area contributed by atoms with E-state index in [9.17, 15) is 9.59 Å². The van der Waals surface area contributed by atoms with Crippen LogP contribution in [-0.2, 0) is 0 Å². The maximum Gasteiger partial charge on any atom is 0.299 e. The van der Waals surface area contributed by atoms with Gasteiger partial charge in [0.2, 0.25) is 0 Å². The van der Waals surface area contributed by atoms with E-state index in [4.69, 9.17) is 0 Å². The fourth-order valence-corrected chi connectivity index (χ4v) is 10.4. The smallest absolute Gasteiger partial charge is 0.299 e. The normalized spacial score (nSPS) is 12.1. The van der Waals surface area contributed by atoms with E-state index in [-0.39, 0.29) is 11.1 Å². The molecule has 0 fully saturated rings. The van der Waals surface area contributed by atoms with Crippen molar-refractivity contribution in [1.82, 2.24) is 22.7 Å². The molecule has 0 unspecified atom stereocenters. The summed E-state index contributed by atoms with van der Waals surface area (Å²) in [5.74, 6) is 0. The lowest BCUT2D eigenvalue weighted by Gasteiger charge is -2.11. The highest BCUT2D eigenvalue weighted by Crippen LogP contribution is 2.39. The summed E-state index contributed by atoms with van der Waals surface area (Å²) in [5.41, 5.74) is 13.8. The second-order valence-electron chi connectivity index (χ2n) is 17.2. The number of aromatic nitrogens is 5. The van der Waals surface area contributed by atoms with E-state index in [1.807, 2.05) is 88.0 Å². The number of benzene rings is 8. The molecule has 7 heteroatoms. The van der Waals surface area contributed by atoms with Crippen molar-refractivity contribution in [1.29, 1.82) is 0 Å². The Morgan fingerprint density at radius 1 is 0.433 bits per heavy atom. The number of para-hydroxylation sites is 4. The van der Waals surface area contributed by atoms with Crippen molar-refractivity contribution in [2.75, 3.05) is 0 Å². The number of nitrogens with zero attached hydrogens (tertiary/aromatic N) is 5. The van der Waals surface area contributed by atoms with Crippen molar-refractivity contribution < 1.29 is 0 Å². The maximum atomic E-state index is 14.3. The highest BCUT2D eigenvalue weighted by molar-refractivity contribution is 6.14. The maximum absolute atomic E-state index is 14.3. The minimum Gasteiger partial charge on any atom is -0.310 e. The summed E-state index contributed by atoms with van der Waals surface area (Å²) in [4.78, 5) is 28.4. The van der Waals surface area contributed by atoms with E-state index in [1.165, 1.54) is 32.5 Å². The third kappa shape index (κ3) is 5.84. The van der Waals surface area contributed by atoms with Gasteiger partial charge in [-0.3, -0.25) is 9.59 Å². The minimum absolute atomic E-state index is 0.327. The van der Waals surface area contributed by atoms with E-state index < -0.39 is 0 Å². The lowest BCUT2D eigenvalue weighted by Crippen LogP contribution is -2.22. The van der Waals surface area contributed by atoms with Crippen molar-refractivity contribution in [3.8, 4) is 33.6 Å². The number of hydrogen-bond donors (Lipinski definition) is 0. The van der Waals surface area contributed by atoms with Crippen LogP contribution in [0.4, 0.5) is 0 Å². The van der Waals surface area contributed by atoms with Crippen molar-refractivity contribution >= 4 is 82.1 Å². The van der Waals surface area contributed by atoms with E-state index in [2.05, 4.69) is 152 Å². The van der Waals surface area contributed by atoms with Crippen molar-refractivity contribution in [3.05, 3.63) is 221 Å². The molecule has 0 amide bonds. The Bertz CT molecular complexity index is 4290. The van der Waals surface area contributed by atoms with E-state index in [0.29, 0.717) is 21.9 Å². The molecule has 5 aromatic heterocycles. The number of rotatable bonds is 6. The first kappa shape index (κ1) is 39.9. The molecule has 0 saturated carbocycles. The van der Waals surface area contributed by atoms with Crippen LogP contribution in [0.2, 0.25) is 0 Å². The van der Waals surface area contributed by atoms with Crippen molar-refractivity contribution in [3.63, 3.8) is 0 Å². The third-order valence-electron chi connectivity index (χ3n) is 13.2. The summed E-state index contributed by atoms with van der Waals surface area (Å²) in [7, 11) is 0.